The van der Waals surface area contributed by atoms with Gasteiger partial charge in [-0.3, -0.25) is 0 Å². The Labute approximate surface area is 121 Å². The van der Waals surface area contributed by atoms with E-state index in [0.717, 1.165) is 26.7 Å². The van der Waals surface area contributed by atoms with Crippen molar-refractivity contribution in [1.82, 2.24) is 0 Å². The van der Waals surface area contributed by atoms with E-state index in [1.54, 1.807) is 11.9 Å². The van der Waals surface area contributed by atoms with Crippen LogP contribution in [0.4, 0.5) is 5.69 Å². The molecule has 1 aliphatic rings. The first-order chi connectivity index (χ1) is 8.66. The number of rotatable bonds is 0. The molecule has 0 spiro atoms. The van der Waals surface area contributed by atoms with Crippen LogP contribution in [0.25, 0.3) is 0 Å². The van der Waals surface area contributed by atoms with E-state index in [1.807, 2.05) is 37.4 Å². The lowest BCUT2D eigenvalue weighted by Gasteiger charge is -2.18. The molecule has 4 heteroatoms. The van der Waals surface area contributed by atoms with E-state index in [2.05, 4.69) is 16.4 Å². The third kappa shape index (κ3) is 1.99. The zero-order valence-corrected chi connectivity index (χ0v) is 12.1. The zero-order chi connectivity index (χ0) is 12.7. The summed E-state index contributed by atoms with van der Waals surface area (Å²) >= 11 is 14.3. The van der Waals surface area contributed by atoms with Crippen LogP contribution in [0.1, 0.15) is 16.5 Å². The van der Waals surface area contributed by atoms with Crippen LogP contribution in [0.15, 0.2) is 47.4 Å². The Balaban J connectivity index is 2.21. The Bertz CT molecular complexity index is 600. The molecule has 0 N–H and O–H groups in total. The van der Waals surface area contributed by atoms with E-state index in [-0.39, 0.29) is 5.38 Å². The Hall–Kier alpha value is -0.830. The van der Waals surface area contributed by atoms with Gasteiger partial charge in [-0.1, -0.05) is 35.9 Å². The van der Waals surface area contributed by atoms with Crippen LogP contribution < -0.4 is 4.31 Å². The summed E-state index contributed by atoms with van der Waals surface area (Å²) in [6.07, 6.45) is 0. The van der Waals surface area contributed by atoms with Gasteiger partial charge in [0.15, 0.2) is 0 Å². The summed E-state index contributed by atoms with van der Waals surface area (Å²) in [7, 11) is 2.04. The second kappa shape index (κ2) is 4.69. The molecule has 18 heavy (non-hydrogen) atoms. The normalized spacial score (nSPS) is 17.9. The van der Waals surface area contributed by atoms with Gasteiger partial charge in [0.05, 0.1) is 11.1 Å². The van der Waals surface area contributed by atoms with E-state index in [1.165, 1.54) is 0 Å². The zero-order valence-electron chi connectivity index (χ0n) is 9.73. The van der Waals surface area contributed by atoms with Crippen LogP contribution in [0, 0.1) is 0 Å². The monoisotopic (exact) mass is 295 g/mol. The molecule has 0 amide bonds. The average Bonchev–Trinajstić information content (AvgIpc) is 2.47. The lowest BCUT2D eigenvalue weighted by Crippen LogP contribution is -2.06. The van der Waals surface area contributed by atoms with Crippen molar-refractivity contribution in [2.75, 3.05) is 11.4 Å². The minimum absolute atomic E-state index is 0.133. The van der Waals surface area contributed by atoms with Crippen molar-refractivity contribution in [3.05, 3.63) is 58.6 Å². The summed E-state index contributed by atoms with van der Waals surface area (Å²) in [6, 6.07) is 14.1. The second-order valence-electron chi connectivity index (χ2n) is 4.19. The van der Waals surface area contributed by atoms with E-state index in [4.69, 9.17) is 23.2 Å². The van der Waals surface area contributed by atoms with Gasteiger partial charge in [0, 0.05) is 17.0 Å². The average molecular weight is 296 g/mol. The summed E-state index contributed by atoms with van der Waals surface area (Å²) in [5.41, 5.74) is 3.40. The molecular weight excluding hydrogens is 285 g/mol. The van der Waals surface area contributed by atoms with Gasteiger partial charge >= 0.3 is 0 Å². The molecule has 2 aromatic rings. The largest absolute Gasteiger partial charge is 0.315 e. The van der Waals surface area contributed by atoms with Gasteiger partial charge in [-0.25, -0.2) is 0 Å². The summed E-state index contributed by atoms with van der Waals surface area (Å²) in [5.74, 6) is 0. The first kappa shape index (κ1) is 12.2. The van der Waals surface area contributed by atoms with Crippen molar-refractivity contribution in [3.63, 3.8) is 0 Å². The van der Waals surface area contributed by atoms with Crippen LogP contribution in [0.2, 0.25) is 5.02 Å². The second-order valence-corrected chi connectivity index (χ2v) is 6.24. The lowest BCUT2D eigenvalue weighted by molar-refractivity contribution is 1.09. The number of benzene rings is 2. The molecule has 0 bridgehead atoms. The summed E-state index contributed by atoms with van der Waals surface area (Å²) in [6.45, 7) is 0. The van der Waals surface area contributed by atoms with Gasteiger partial charge in [-0.2, -0.15) is 0 Å². The van der Waals surface area contributed by atoms with Crippen LogP contribution in [0.5, 0.6) is 0 Å². The summed E-state index contributed by atoms with van der Waals surface area (Å²) in [5, 5.41) is 0.607. The van der Waals surface area contributed by atoms with Crippen LogP contribution in [-0.2, 0) is 0 Å². The topological polar surface area (TPSA) is 3.24 Å². The fourth-order valence-corrected chi connectivity index (χ4v) is 3.86. The highest BCUT2D eigenvalue weighted by molar-refractivity contribution is 8.00. The van der Waals surface area contributed by atoms with Gasteiger partial charge in [0.2, 0.25) is 0 Å². The fourth-order valence-electron chi connectivity index (χ4n) is 2.15. The first-order valence-corrected chi connectivity index (χ1v) is 7.20. The molecule has 0 aliphatic carbocycles. The molecule has 2 aromatic carbocycles. The Morgan fingerprint density at radius 2 is 1.89 bits per heavy atom. The van der Waals surface area contributed by atoms with Crippen molar-refractivity contribution in [2.24, 2.45) is 0 Å². The lowest BCUT2D eigenvalue weighted by atomic mass is 10.0. The van der Waals surface area contributed by atoms with Gasteiger partial charge in [0.1, 0.15) is 0 Å². The molecule has 1 nitrogen and oxygen atoms in total. The van der Waals surface area contributed by atoms with Gasteiger partial charge in [-0.15, -0.1) is 11.6 Å². The van der Waals surface area contributed by atoms with E-state index in [0.29, 0.717) is 0 Å². The maximum atomic E-state index is 6.62. The fraction of sp³-hybridized carbons (Fsp3) is 0.143. The number of anilines is 1. The third-order valence-corrected chi connectivity index (χ3v) is 4.76. The first-order valence-electron chi connectivity index (χ1n) is 5.61. The predicted octanol–water partition coefficient (Wildman–Crippen LogP) is 5.13. The van der Waals surface area contributed by atoms with E-state index < -0.39 is 0 Å². The van der Waals surface area contributed by atoms with Gasteiger partial charge < -0.3 is 4.31 Å². The molecule has 0 radical (unpaired) electrons. The highest BCUT2D eigenvalue weighted by Gasteiger charge is 2.24. The molecule has 1 heterocycles. The van der Waals surface area contributed by atoms with Crippen molar-refractivity contribution in [2.45, 2.75) is 10.3 Å². The highest BCUT2D eigenvalue weighted by atomic mass is 35.5. The predicted molar refractivity (Wildman–Crippen MR) is 79.9 cm³/mol. The van der Waals surface area contributed by atoms with Crippen LogP contribution >= 0.6 is 35.1 Å². The number of fused-ring (bicyclic) bond motifs is 2. The molecule has 1 atom stereocenters. The number of hydrogen-bond donors (Lipinski definition) is 0. The third-order valence-electron chi connectivity index (χ3n) is 3.03. The smallest absolute Gasteiger partial charge is 0.0867 e. The standard InChI is InChI=1S/C14H11Cl2NS/c1-17-12-5-3-2-4-10(12)14(16)11-7-6-9(15)8-13(11)18-17/h2-8,14H,1H3. The van der Waals surface area contributed by atoms with Crippen LogP contribution in [-0.4, -0.2) is 7.05 Å². The Morgan fingerprint density at radius 1 is 1.11 bits per heavy atom. The number of hydrogen-bond acceptors (Lipinski definition) is 2. The SMILES string of the molecule is CN1Sc2cc(Cl)ccc2C(Cl)c2ccccc21. The molecule has 3 rings (SSSR count). The van der Waals surface area contributed by atoms with Crippen molar-refractivity contribution < 1.29 is 0 Å². The molecule has 0 saturated carbocycles. The van der Waals surface area contributed by atoms with E-state index >= 15 is 0 Å². The molecule has 1 aliphatic heterocycles. The van der Waals surface area contributed by atoms with E-state index in [9.17, 15) is 0 Å². The highest BCUT2D eigenvalue weighted by Crippen LogP contribution is 2.46. The molecule has 92 valence electrons. The summed E-state index contributed by atoms with van der Waals surface area (Å²) in [4.78, 5) is 1.11. The number of halogens is 2. The van der Waals surface area contributed by atoms with Crippen molar-refractivity contribution in [3.8, 4) is 0 Å². The van der Waals surface area contributed by atoms with Crippen molar-refractivity contribution >= 4 is 40.8 Å². The summed E-state index contributed by atoms with van der Waals surface area (Å²) < 4.78 is 2.13. The minimum Gasteiger partial charge on any atom is -0.315 e. The van der Waals surface area contributed by atoms with Gasteiger partial charge in [-0.05, 0) is 41.3 Å². The quantitative estimate of drug-likeness (QED) is 0.490. The van der Waals surface area contributed by atoms with Crippen LogP contribution in [0.3, 0.4) is 0 Å². The maximum absolute atomic E-state index is 6.62. The molecule has 0 saturated heterocycles. The molecule has 1 unspecified atom stereocenters. The molecular formula is C14H11Cl2NS. The Kier molecular flexibility index (Phi) is 3.18. The maximum Gasteiger partial charge on any atom is 0.0867 e. The molecule has 0 fully saturated rings. The number of para-hydroxylation sites is 1. The van der Waals surface area contributed by atoms with Gasteiger partial charge in [0.25, 0.3) is 0 Å². The Morgan fingerprint density at radius 3 is 2.72 bits per heavy atom. The minimum atomic E-state index is -0.133. The molecule has 0 aromatic heterocycles. The number of alkyl halides is 1. The van der Waals surface area contributed by atoms with Crippen molar-refractivity contribution in [1.29, 1.82) is 0 Å². The number of nitrogens with zero attached hydrogens (tertiary/aromatic N) is 1.